The van der Waals surface area contributed by atoms with E-state index in [1.165, 1.54) is 81.7 Å². The number of benzene rings is 8. The Bertz CT molecular complexity index is 3800. The van der Waals surface area contributed by atoms with Crippen LogP contribution in [0.4, 0.5) is 0 Å². The lowest BCUT2D eigenvalue weighted by Gasteiger charge is -2.31. The second-order valence-corrected chi connectivity index (χ2v) is 17.5. The van der Waals surface area contributed by atoms with Gasteiger partial charge in [-0.3, -0.25) is 0 Å². The van der Waals surface area contributed by atoms with Crippen molar-refractivity contribution in [1.82, 2.24) is 19.1 Å². The van der Waals surface area contributed by atoms with Gasteiger partial charge in [0, 0.05) is 60.1 Å². The molecule has 0 saturated carbocycles. The fourth-order valence-corrected chi connectivity index (χ4v) is 11.4. The van der Waals surface area contributed by atoms with Gasteiger partial charge in [-0.2, -0.15) is 0 Å². The van der Waals surface area contributed by atoms with Crippen molar-refractivity contribution in [3.8, 4) is 17.1 Å². The molecule has 13 rings (SSSR count). The molecule has 1 aliphatic carbocycles. The predicted molar refractivity (Wildman–Crippen MR) is 265 cm³/mol. The highest BCUT2D eigenvalue weighted by Gasteiger charge is 2.33. The number of rotatable bonds is 6. The van der Waals surface area contributed by atoms with Gasteiger partial charge in [-0.15, -0.1) is 11.3 Å². The molecule has 0 amide bonds. The van der Waals surface area contributed by atoms with Gasteiger partial charge in [0.2, 0.25) is 0 Å². The largest absolute Gasteiger partial charge is 0.312 e. The highest BCUT2D eigenvalue weighted by molar-refractivity contribution is 7.26. The molecule has 5 heteroatoms. The van der Waals surface area contributed by atoms with E-state index < -0.39 is 0 Å². The third kappa shape index (κ3) is 5.60. The average Bonchev–Trinajstić information content (AvgIpc) is 4.02. The molecule has 8 aromatic carbocycles. The maximum atomic E-state index is 5.52. The number of hydrogen-bond acceptors (Lipinski definition) is 3. The Balaban J connectivity index is 1.16. The third-order valence-corrected chi connectivity index (χ3v) is 14.1. The van der Waals surface area contributed by atoms with Crippen molar-refractivity contribution < 1.29 is 0 Å². The van der Waals surface area contributed by atoms with E-state index >= 15 is 0 Å². The van der Waals surface area contributed by atoms with Crippen LogP contribution in [0.3, 0.4) is 0 Å². The summed E-state index contributed by atoms with van der Waals surface area (Å²) < 4.78 is 7.36. The van der Waals surface area contributed by atoms with Crippen LogP contribution < -0.4 is 0 Å². The molecule has 1 atom stereocenters. The summed E-state index contributed by atoms with van der Waals surface area (Å²) in [7, 11) is 0. The number of fused-ring (bicyclic) bond motifs is 10. The van der Waals surface area contributed by atoms with Gasteiger partial charge in [0.15, 0.2) is 5.82 Å². The Morgan fingerprint density at radius 2 is 1.00 bits per heavy atom. The van der Waals surface area contributed by atoms with Crippen LogP contribution >= 0.6 is 11.3 Å². The first-order valence-corrected chi connectivity index (χ1v) is 22.4. The van der Waals surface area contributed by atoms with E-state index in [1.54, 1.807) is 11.3 Å². The molecule has 63 heavy (non-hydrogen) atoms. The molecule has 0 bridgehead atoms. The van der Waals surface area contributed by atoms with Crippen LogP contribution in [0.2, 0.25) is 0 Å². The number of nitrogens with zero attached hydrogens (tertiary/aromatic N) is 4. The minimum atomic E-state index is -0.0126. The Morgan fingerprint density at radius 3 is 1.68 bits per heavy atom. The van der Waals surface area contributed by atoms with E-state index in [-0.39, 0.29) is 5.92 Å². The smallest absolute Gasteiger partial charge is 0.160 e. The molecular weight excluding hydrogens is 785 g/mol. The molecule has 0 aliphatic heterocycles. The summed E-state index contributed by atoms with van der Waals surface area (Å²) in [6.07, 6.45) is 3.21. The number of para-hydroxylation sites is 3. The summed E-state index contributed by atoms with van der Waals surface area (Å²) in [4.78, 5) is 10.8. The molecule has 0 radical (unpaired) electrons. The summed E-state index contributed by atoms with van der Waals surface area (Å²) in [6.45, 7) is 0. The zero-order chi connectivity index (χ0) is 41.4. The molecule has 12 aromatic rings. The van der Waals surface area contributed by atoms with Crippen molar-refractivity contribution in [1.29, 1.82) is 0 Å². The van der Waals surface area contributed by atoms with Crippen molar-refractivity contribution in [3.63, 3.8) is 0 Å². The quantitative estimate of drug-likeness (QED) is 0.167. The van der Waals surface area contributed by atoms with Crippen molar-refractivity contribution >= 4 is 92.1 Å². The molecule has 4 nitrogen and oxygen atoms in total. The fraction of sp³-hybridized carbons (Fsp3) is 0.0345. The third-order valence-electron chi connectivity index (χ3n) is 12.9. The first-order valence-electron chi connectivity index (χ1n) is 21.6. The van der Waals surface area contributed by atoms with Crippen molar-refractivity contribution in [2.24, 2.45) is 0 Å². The lowest BCUT2D eigenvalue weighted by Crippen LogP contribution is -2.15. The summed E-state index contributed by atoms with van der Waals surface area (Å²) in [6, 6.07) is 74.5. The molecule has 296 valence electrons. The number of allylic oxidation sites excluding steroid dienone is 4. The highest BCUT2D eigenvalue weighted by atomic mass is 32.1. The lowest BCUT2D eigenvalue weighted by molar-refractivity contribution is 0.843. The minimum Gasteiger partial charge on any atom is -0.312 e. The molecular formula is C58H38N4S. The normalized spacial score (nSPS) is 14.5. The van der Waals surface area contributed by atoms with Crippen LogP contribution in [0.25, 0.3) is 97.8 Å². The first-order chi connectivity index (χ1) is 31.3. The van der Waals surface area contributed by atoms with Crippen LogP contribution in [-0.2, 0) is 0 Å². The van der Waals surface area contributed by atoms with Gasteiger partial charge >= 0.3 is 0 Å². The second kappa shape index (κ2) is 14.4. The number of aromatic nitrogens is 4. The SMILES string of the molecule is C1=C(c2nc(-c3ccccc3)nc3c2sc2ccccc23)CC(c2ccccc2)C(n2c3ccccc3c3c4c5ccccc5n(-c5ccccc5)c4ccc32)=C1c1ccccc1. The van der Waals surface area contributed by atoms with Gasteiger partial charge in [-0.05, 0) is 71.7 Å². The number of hydrogen-bond donors (Lipinski definition) is 0. The van der Waals surface area contributed by atoms with Crippen LogP contribution in [0, 0.1) is 0 Å². The van der Waals surface area contributed by atoms with E-state index in [0.29, 0.717) is 0 Å². The molecule has 0 spiro atoms. The molecule has 0 N–H and O–H groups in total. The Morgan fingerprint density at radius 1 is 0.460 bits per heavy atom. The average molecular weight is 823 g/mol. The minimum absolute atomic E-state index is 0.0126. The Hall–Kier alpha value is -7.86. The molecule has 0 fully saturated rings. The van der Waals surface area contributed by atoms with Crippen LogP contribution in [0.15, 0.2) is 212 Å². The standard InChI is InChI=1S/C58H38N4S/c1-5-19-37(20-6-1)45-35-40(54-57-55(44-29-15-18-32-51(44)63-57)60-58(59-54)39-23-9-3-10-24-39)36-46(38-21-7-2-8-22-38)56(45)62-48-31-17-14-28-43(48)53-50(62)34-33-49-52(53)42-27-13-16-30-47(42)61(49)41-25-11-4-12-26-41/h1-35,46H,36H2. The monoisotopic (exact) mass is 822 g/mol. The van der Waals surface area contributed by atoms with Crippen molar-refractivity contribution in [3.05, 3.63) is 229 Å². The molecule has 1 aliphatic rings. The molecule has 0 saturated heterocycles. The van der Waals surface area contributed by atoms with E-state index in [4.69, 9.17) is 9.97 Å². The maximum Gasteiger partial charge on any atom is 0.160 e. The molecule has 4 heterocycles. The van der Waals surface area contributed by atoms with E-state index in [1.807, 2.05) is 0 Å². The zero-order valence-electron chi connectivity index (χ0n) is 34.2. The summed E-state index contributed by atoms with van der Waals surface area (Å²) in [5.74, 6) is 0.734. The van der Waals surface area contributed by atoms with E-state index in [0.717, 1.165) is 39.4 Å². The molecule has 1 unspecified atom stereocenters. The van der Waals surface area contributed by atoms with Gasteiger partial charge in [0.1, 0.15) is 0 Å². The predicted octanol–water partition coefficient (Wildman–Crippen LogP) is 15.4. The first kappa shape index (κ1) is 35.9. The fourth-order valence-electron chi connectivity index (χ4n) is 10.2. The van der Waals surface area contributed by atoms with Gasteiger partial charge in [0.05, 0.1) is 38.0 Å². The zero-order valence-corrected chi connectivity index (χ0v) is 35.0. The van der Waals surface area contributed by atoms with Crippen LogP contribution in [-0.4, -0.2) is 19.1 Å². The van der Waals surface area contributed by atoms with Gasteiger partial charge in [-0.1, -0.05) is 164 Å². The van der Waals surface area contributed by atoms with Gasteiger partial charge in [0.25, 0.3) is 0 Å². The topological polar surface area (TPSA) is 35.6 Å². The van der Waals surface area contributed by atoms with Gasteiger partial charge < -0.3 is 9.13 Å². The second-order valence-electron chi connectivity index (χ2n) is 16.4. The number of thiophene rings is 1. The van der Waals surface area contributed by atoms with Crippen molar-refractivity contribution in [2.75, 3.05) is 0 Å². The van der Waals surface area contributed by atoms with Crippen molar-refractivity contribution in [2.45, 2.75) is 12.3 Å². The molecule has 4 aromatic heterocycles. The summed E-state index contributed by atoms with van der Waals surface area (Å²) in [5.41, 5.74) is 15.1. The van der Waals surface area contributed by atoms with Crippen LogP contribution in [0.5, 0.6) is 0 Å². The maximum absolute atomic E-state index is 5.52. The van der Waals surface area contributed by atoms with Gasteiger partial charge in [-0.25, -0.2) is 9.97 Å². The summed E-state index contributed by atoms with van der Waals surface area (Å²) >= 11 is 1.80. The summed E-state index contributed by atoms with van der Waals surface area (Å²) in [5, 5.41) is 6.20. The Kier molecular flexibility index (Phi) is 8.18. The highest BCUT2D eigenvalue weighted by Crippen LogP contribution is 2.51. The van der Waals surface area contributed by atoms with E-state index in [9.17, 15) is 0 Å². The van der Waals surface area contributed by atoms with E-state index in [2.05, 4.69) is 221 Å². The van der Waals surface area contributed by atoms with Crippen LogP contribution in [0.1, 0.15) is 29.2 Å². The lowest BCUT2D eigenvalue weighted by atomic mass is 9.79. The Labute approximate surface area is 368 Å².